The number of Topliss-reactive ketones (excluding diaryl/α,β-unsaturated/α-hetero) is 1. The lowest BCUT2D eigenvalue weighted by atomic mass is 9.73. The third-order valence-corrected chi connectivity index (χ3v) is 5.93. The summed E-state index contributed by atoms with van der Waals surface area (Å²) >= 11 is 6.13. The van der Waals surface area contributed by atoms with Gasteiger partial charge in [-0.1, -0.05) is 42.7 Å². The SMILES string of the molecule is Cc1cc(C)n(C2=NN=C3OC4=C(C(=O)CC(C)(C)C4)C(c4ccc(Cl)cc4)N3N2)n1. The minimum absolute atomic E-state index is 0.0715. The number of nitrogens with one attached hydrogen (secondary N) is 1. The third kappa shape index (κ3) is 3.40. The number of aryl methyl sites for hydroxylation is 2. The van der Waals surface area contributed by atoms with Gasteiger partial charge in [0.15, 0.2) is 5.78 Å². The molecule has 1 atom stereocenters. The molecule has 3 aliphatic rings. The van der Waals surface area contributed by atoms with Crippen LogP contribution in [0.1, 0.15) is 49.7 Å². The summed E-state index contributed by atoms with van der Waals surface area (Å²) in [5, 5.41) is 15.5. The zero-order chi connectivity index (χ0) is 21.9. The van der Waals surface area contributed by atoms with Crippen LogP contribution < -0.4 is 5.43 Å². The summed E-state index contributed by atoms with van der Waals surface area (Å²) in [6.45, 7) is 8.01. The number of hydrogen-bond donors (Lipinski definition) is 1. The molecule has 0 spiro atoms. The Morgan fingerprint density at radius 1 is 1.16 bits per heavy atom. The number of amidine groups is 1. The van der Waals surface area contributed by atoms with Crippen molar-refractivity contribution in [1.29, 1.82) is 0 Å². The highest BCUT2D eigenvalue weighted by Crippen LogP contribution is 2.46. The van der Waals surface area contributed by atoms with Gasteiger partial charge in [-0.25, -0.2) is 9.69 Å². The summed E-state index contributed by atoms with van der Waals surface area (Å²) < 4.78 is 7.79. The van der Waals surface area contributed by atoms with E-state index in [0.29, 0.717) is 41.2 Å². The Kier molecular flexibility index (Phi) is 4.44. The topological polar surface area (TPSA) is 84.1 Å². The maximum Gasteiger partial charge on any atom is 0.336 e. The number of nitrogens with zero attached hydrogens (tertiary/aromatic N) is 5. The molecular weight excluding hydrogens is 416 g/mol. The van der Waals surface area contributed by atoms with Crippen LogP contribution in [0.5, 0.6) is 0 Å². The van der Waals surface area contributed by atoms with Crippen LogP contribution in [0.15, 0.2) is 51.9 Å². The highest BCUT2D eigenvalue weighted by Gasteiger charge is 2.46. The maximum atomic E-state index is 13.3. The number of hydrazine groups is 1. The molecule has 0 fully saturated rings. The quantitative estimate of drug-likeness (QED) is 0.730. The Hall–Kier alpha value is -3.13. The minimum atomic E-state index is -0.425. The lowest BCUT2D eigenvalue weighted by molar-refractivity contribution is -0.119. The van der Waals surface area contributed by atoms with Crippen LogP contribution in [0.4, 0.5) is 0 Å². The molecule has 31 heavy (non-hydrogen) atoms. The molecule has 2 aromatic rings. The lowest BCUT2D eigenvalue weighted by Gasteiger charge is -2.44. The van der Waals surface area contributed by atoms with Gasteiger partial charge in [-0.2, -0.15) is 5.10 Å². The molecular formula is C22H23ClN6O2. The number of carbonyl (C=O) groups is 1. The Labute approximate surface area is 185 Å². The number of benzene rings is 1. The fraction of sp³-hybridized carbons (Fsp3) is 0.364. The summed E-state index contributed by atoms with van der Waals surface area (Å²) in [6, 6.07) is 9.32. The second kappa shape index (κ2) is 6.95. The number of ketones is 1. The van der Waals surface area contributed by atoms with Crippen LogP contribution in [0.25, 0.3) is 0 Å². The zero-order valence-electron chi connectivity index (χ0n) is 17.8. The first-order valence-electron chi connectivity index (χ1n) is 10.2. The molecule has 160 valence electrons. The van der Waals surface area contributed by atoms with Crippen LogP contribution in [0, 0.1) is 19.3 Å². The van der Waals surface area contributed by atoms with Crippen molar-refractivity contribution >= 4 is 29.4 Å². The van der Waals surface area contributed by atoms with Crippen molar-refractivity contribution in [3.8, 4) is 0 Å². The van der Waals surface area contributed by atoms with E-state index >= 15 is 0 Å². The molecule has 1 N–H and O–H groups in total. The fourth-order valence-electron chi connectivity index (χ4n) is 4.37. The number of rotatable bonds is 1. The van der Waals surface area contributed by atoms with E-state index in [-0.39, 0.29) is 11.2 Å². The molecule has 1 aromatic heterocycles. The Morgan fingerprint density at radius 3 is 2.58 bits per heavy atom. The molecule has 2 aliphatic heterocycles. The standard InChI is InChI=1S/C22H23ClN6O2/c1-12-9-13(2)28(26-12)20-24-25-21-29(27-20)19(14-5-7-15(23)8-6-14)18-16(30)10-22(3,4)11-17(18)31-21/h5-9,19H,10-11H2,1-4H3,(H,24,27). The fourth-order valence-corrected chi connectivity index (χ4v) is 4.49. The van der Waals surface area contributed by atoms with E-state index in [1.807, 2.05) is 44.2 Å². The van der Waals surface area contributed by atoms with Crippen LogP contribution in [0.2, 0.25) is 5.02 Å². The van der Waals surface area contributed by atoms with E-state index in [1.165, 1.54) is 0 Å². The molecule has 0 radical (unpaired) electrons. The van der Waals surface area contributed by atoms with Crippen LogP contribution >= 0.6 is 11.6 Å². The van der Waals surface area contributed by atoms with Gasteiger partial charge in [0, 0.05) is 23.6 Å². The summed E-state index contributed by atoms with van der Waals surface area (Å²) in [5.74, 6) is 1.16. The van der Waals surface area contributed by atoms with Crippen molar-refractivity contribution in [3.63, 3.8) is 0 Å². The monoisotopic (exact) mass is 438 g/mol. The molecule has 0 saturated heterocycles. The van der Waals surface area contributed by atoms with Gasteiger partial charge >= 0.3 is 6.02 Å². The normalized spacial score (nSPS) is 22.2. The summed E-state index contributed by atoms with van der Waals surface area (Å²) in [5.41, 5.74) is 6.43. The first-order chi connectivity index (χ1) is 14.7. The van der Waals surface area contributed by atoms with Crippen LogP contribution in [-0.4, -0.2) is 32.6 Å². The Balaban J connectivity index is 1.62. The van der Waals surface area contributed by atoms with E-state index in [2.05, 4.69) is 34.6 Å². The van der Waals surface area contributed by atoms with Crippen molar-refractivity contribution in [3.05, 3.63) is 63.6 Å². The van der Waals surface area contributed by atoms with E-state index < -0.39 is 6.04 Å². The Bertz CT molecular complexity index is 1180. The maximum absolute atomic E-state index is 13.3. The largest absolute Gasteiger partial charge is 0.427 e. The number of fused-ring (bicyclic) bond motifs is 1. The van der Waals surface area contributed by atoms with Gasteiger partial charge in [0.05, 0.1) is 11.3 Å². The molecule has 9 heteroatoms. The molecule has 3 heterocycles. The second-order valence-corrected chi connectivity index (χ2v) is 9.40. The molecule has 1 aliphatic carbocycles. The van der Waals surface area contributed by atoms with Gasteiger partial charge in [-0.15, -0.1) is 5.10 Å². The molecule has 1 unspecified atom stereocenters. The predicted octanol–water partition coefficient (Wildman–Crippen LogP) is 3.86. The minimum Gasteiger partial charge on any atom is -0.427 e. The zero-order valence-corrected chi connectivity index (χ0v) is 18.6. The Morgan fingerprint density at radius 2 is 1.90 bits per heavy atom. The molecule has 0 amide bonds. The van der Waals surface area contributed by atoms with Gasteiger partial charge in [0.1, 0.15) is 11.8 Å². The van der Waals surface area contributed by atoms with Gasteiger partial charge in [-0.05, 0) is 43.0 Å². The molecule has 1 aromatic carbocycles. The van der Waals surface area contributed by atoms with Gasteiger partial charge in [0.25, 0.3) is 5.96 Å². The van der Waals surface area contributed by atoms with Crippen molar-refractivity contribution in [2.45, 2.75) is 46.6 Å². The number of aromatic nitrogens is 2. The summed E-state index contributed by atoms with van der Waals surface area (Å²) in [7, 11) is 0. The predicted molar refractivity (Wildman–Crippen MR) is 117 cm³/mol. The highest BCUT2D eigenvalue weighted by atomic mass is 35.5. The molecule has 0 saturated carbocycles. The van der Waals surface area contributed by atoms with Gasteiger partial charge in [-0.3, -0.25) is 10.2 Å². The molecule has 0 bridgehead atoms. The van der Waals surface area contributed by atoms with E-state index in [0.717, 1.165) is 17.0 Å². The van der Waals surface area contributed by atoms with Crippen molar-refractivity contribution in [1.82, 2.24) is 20.2 Å². The van der Waals surface area contributed by atoms with Gasteiger partial charge < -0.3 is 4.74 Å². The van der Waals surface area contributed by atoms with E-state index in [1.54, 1.807) is 9.69 Å². The third-order valence-electron chi connectivity index (χ3n) is 5.68. The number of halogens is 1. The van der Waals surface area contributed by atoms with Gasteiger partial charge in [0.2, 0.25) is 0 Å². The van der Waals surface area contributed by atoms with Crippen LogP contribution in [0.3, 0.4) is 0 Å². The number of ether oxygens (including phenoxy) is 1. The van der Waals surface area contributed by atoms with Crippen molar-refractivity contribution in [2.75, 3.05) is 0 Å². The van der Waals surface area contributed by atoms with Crippen molar-refractivity contribution < 1.29 is 9.53 Å². The number of allylic oxidation sites excluding steroid dienone is 1. The van der Waals surface area contributed by atoms with Crippen molar-refractivity contribution in [2.24, 2.45) is 15.6 Å². The summed E-state index contributed by atoms with van der Waals surface area (Å²) in [6.07, 6.45) is 1.11. The van der Waals surface area contributed by atoms with E-state index in [4.69, 9.17) is 16.3 Å². The highest BCUT2D eigenvalue weighted by molar-refractivity contribution is 6.30. The molecule has 5 rings (SSSR count). The van der Waals surface area contributed by atoms with Crippen LogP contribution in [-0.2, 0) is 9.53 Å². The number of hydrogen-bond acceptors (Lipinski definition) is 7. The second-order valence-electron chi connectivity index (χ2n) is 8.96. The smallest absolute Gasteiger partial charge is 0.336 e. The number of carbonyl (C=O) groups excluding carboxylic acids is 1. The molecule has 8 nitrogen and oxygen atoms in total. The summed E-state index contributed by atoms with van der Waals surface area (Å²) in [4.78, 5) is 13.3. The average Bonchev–Trinajstić information content (AvgIpc) is 3.04. The van der Waals surface area contributed by atoms with E-state index in [9.17, 15) is 4.79 Å². The lowest BCUT2D eigenvalue weighted by Crippen LogP contribution is -2.56. The first-order valence-corrected chi connectivity index (χ1v) is 10.5. The first kappa shape index (κ1) is 19.8. The average molecular weight is 439 g/mol.